The van der Waals surface area contributed by atoms with E-state index >= 15 is 0 Å². The van der Waals surface area contributed by atoms with Crippen molar-refractivity contribution in [3.05, 3.63) is 23.8 Å². The van der Waals surface area contributed by atoms with Crippen LogP contribution in [0, 0.1) is 5.92 Å². The van der Waals surface area contributed by atoms with Gasteiger partial charge in [-0.2, -0.15) is 0 Å². The number of rotatable bonds is 5. The highest BCUT2D eigenvalue weighted by atomic mass is 16.5. The van der Waals surface area contributed by atoms with Crippen LogP contribution in [-0.4, -0.2) is 24.8 Å². The fraction of sp³-hybridized carbons (Fsp3) is 0.571. The zero-order chi connectivity index (χ0) is 13.5. The number of ether oxygens (including phenoxy) is 1. The average molecular weight is 237 g/mol. The van der Waals surface area contributed by atoms with Crippen LogP contribution in [0.3, 0.4) is 0 Å². The molecule has 3 heteroatoms. The lowest BCUT2D eigenvalue weighted by Crippen LogP contribution is -2.40. The van der Waals surface area contributed by atoms with Gasteiger partial charge in [-0.25, -0.2) is 4.79 Å². The first kappa shape index (κ1) is 15.6. The van der Waals surface area contributed by atoms with Gasteiger partial charge in [0, 0.05) is 6.21 Å². The molecule has 0 aromatic heterocycles. The van der Waals surface area contributed by atoms with E-state index in [1.165, 1.54) is 7.11 Å². The first-order valence-electron chi connectivity index (χ1n) is 5.85. The average Bonchev–Trinajstić information content (AvgIpc) is 2.32. The molecule has 0 spiro atoms. The number of methoxy groups -OCH3 is 1. The summed E-state index contributed by atoms with van der Waals surface area (Å²) in [5.74, 6) is -0.227. The van der Waals surface area contributed by atoms with Crippen molar-refractivity contribution in [2.24, 2.45) is 10.9 Å². The van der Waals surface area contributed by atoms with Crippen LogP contribution in [0.1, 0.15) is 34.6 Å². The second-order valence-electron chi connectivity index (χ2n) is 4.34. The standard InChI is InChI=1S/C14H23NO2/c1-7-9-12(8-2)10-15-14(5,11(3)4)13(16)17-6/h7-11H,1-6H3/b9-7-,12-8+,15-10?. The molecular weight excluding hydrogens is 214 g/mol. The molecule has 3 nitrogen and oxygen atoms in total. The second-order valence-corrected chi connectivity index (χ2v) is 4.34. The Labute approximate surface area is 104 Å². The van der Waals surface area contributed by atoms with Crippen molar-refractivity contribution in [1.82, 2.24) is 0 Å². The highest BCUT2D eigenvalue weighted by Crippen LogP contribution is 2.23. The van der Waals surface area contributed by atoms with Gasteiger partial charge in [-0.15, -0.1) is 0 Å². The topological polar surface area (TPSA) is 38.7 Å². The van der Waals surface area contributed by atoms with E-state index < -0.39 is 5.54 Å². The van der Waals surface area contributed by atoms with E-state index in [-0.39, 0.29) is 11.9 Å². The number of esters is 1. The molecule has 0 aromatic carbocycles. The highest BCUT2D eigenvalue weighted by Gasteiger charge is 2.36. The minimum absolute atomic E-state index is 0.0786. The van der Waals surface area contributed by atoms with Crippen LogP contribution in [0.4, 0.5) is 0 Å². The third kappa shape index (κ3) is 4.17. The molecule has 0 heterocycles. The van der Waals surface area contributed by atoms with E-state index in [1.807, 2.05) is 45.9 Å². The van der Waals surface area contributed by atoms with E-state index in [0.29, 0.717) is 0 Å². The Bertz CT molecular complexity index is 340. The lowest BCUT2D eigenvalue weighted by Gasteiger charge is -2.26. The van der Waals surface area contributed by atoms with Crippen molar-refractivity contribution in [2.45, 2.75) is 40.2 Å². The molecule has 0 saturated carbocycles. The molecular formula is C14H23NO2. The number of hydrogen-bond acceptors (Lipinski definition) is 3. The summed E-state index contributed by atoms with van der Waals surface area (Å²) >= 11 is 0. The predicted octanol–water partition coefficient (Wildman–Crippen LogP) is 3.17. The molecule has 0 aliphatic heterocycles. The summed E-state index contributed by atoms with van der Waals surface area (Å²) in [4.78, 5) is 16.2. The fourth-order valence-corrected chi connectivity index (χ4v) is 1.26. The van der Waals surface area contributed by atoms with Crippen molar-refractivity contribution < 1.29 is 9.53 Å². The smallest absolute Gasteiger partial charge is 0.333 e. The molecule has 1 atom stereocenters. The molecule has 0 aliphatic carbocycles. The zero-order valence-corrected chi connectivity index (χ0v) is 11.7. The summed E-state index contributed by atoms with van der Waals surface area (Å²) < 4.78 is 4.81. The Hall–Kier alpha value is -1.38. The van der Waals surface area contributed by atoms with Crippen molar-refractivity contribution in [2.75, 3.05) is 7.11 Å². The van der Waals surface area contributed by atoms with Crippen LogP contribution in [-0.2, 0) is 9.53 Å². The molecule has 0 radical (unpaired) electrons. The fourth-order valence-electron chi connectivity index (χ4n) is 1.26. The Balaban J connectivity index is 5.14. The lowest BCUT2D eigenvalue weighted by atomic mass is 9.89. The van der Waals surface area contributed by atoms with E-state index in [4.69, 9.17) is 4.74 Å². The summed E-state index contributed by atoms with van der Waals surface area (Å²) in [5, 5.41) is 0. The zero-order valence-electron chi connectivity index (χ0n) is 11.7. The van der Waals surface area contributed by atoms with Crippen molar-refractivity contribution in [1.29, 1.82) is 0 Å². The van der Waals surface area contributed by atoms with E-state index in [0.717, 1.165) is 5.57 Å². The Morgan fingerprint density at radius 1 is 1.35 bits per heavy atom. The van der Waals surface area contributed by atoms with Gasteiger partial charge >= 0.3 is 5.97 Å². The summed E-state index contributed by atoms with van der Waals surface area (Å²) in [6.07, 6.45) is 7.55. The molecule has 17 heavy (non-hydrogen) atoms. The molecule has 0 saturated heterocycles. The molecule has 1 unspecified atom stereocenters. The first-order chi connectivity index (χ1) is 7.92. The molecule has 0 N–H and O–H groups in total. The minimum Gasteiger partial charge on any atom is -0.467 e. The maximum Gasteiger partial charge on any atom is 0.333 e. The maximum atomic E-state index is 11.8. The lowest BCUT2D eigenvalue weighted by molar-refractivity contribution is -0.147. The molecule has 0 rings (SSSR count). The van der Waals surface area contributed by atoms with Gasteiger partial charge in [0.1, 0.15) is 0 Å². The highest BCUT2D eigenvalue weighted by molar-refractivity contribution is 5.88. The molecule has 0 aromatic rings. The van der Waals surface area contributed by atoms with Gasteiger partial charge in [0.25, 0.3) is 0 Å². The number of hydrogen-bond donors (Lipinski definition) is 0. The molecule has 0 bridgehead atoms. The normalized spacial score (nSPS) is 16.8. The SMILES string of the molecule is C/C=C\C(C=NC(C)(C(=O)OC)C(C)C)=C/C. The molecule has 0 aliphatic rings. The van der Waals surface area contributed by atoms with Gasteiger partial charge in [0.15, 0.2) is 5.54 Å². The second kappa shape index (κ2) is 7.05. The van der Waals surface area contributed by atoms with E-state index in [2.05, 4.69) is 4.99 Å². The van der Waals surface area contributed by atoms with Gasteiger partial charge in [-0.05, 0) is 32.3 Å². The monoisotopic (exact) mass is 237 g/mol. The Kier molecular flexibility index (Phi) is 6.47. The van der Waals surface area contributed by atoms with Crippen molar-refractivity contribution >= 4 is 12.2 Å². The predicted molar refractivity (Wildman–Crippen MR) is 72.3 cm³/mol. The van der Waals surface area contributed by atoms with Gasteiger partial charge in [-0.1, -0.05) is 32.1 Å². The van der Waals surface area contributed by atoms with Crippen LogP contribution in [0.15, 0.2) is 28.8 Å². The van der Waals surface area contributed by atoms with Crippen LogP contribution in [0.2, 0.25) is 0 Å². The maximum absolute atomic E-state index is 11.8. The van der Waals surface area contributed by atoms with Crippen molar-refractivity contribution in [3.8, 4) is 0 Å². The summed E-state index contributed by atoms with van der Waals surface area (Å²) in [6.45, 7) is 9.59. The third-order valence-electron chi connectivity index (χ3n) is 2.90. The summed E-state index contributed by atoms with van der Waals surface area (Å²) in [6, 6.07) is 0. The Morgan fingerprint density at radius 3 is 2.29 bits per heavy atom. The summed E-state index contributed by atoms with van der Waals surface area (Å²) in [5.41, 5.74) is 0.146. The summed E-state index contributed by atoms with van der Waals surface area (Å²) in [7, 11) is 1.39. The van der Waals surface area contributed by atoms with Gasteiger partial charge in [0.05, 0.1) is 7.11 Å². The molecule has 0 fully saturated rings. The number of allylic oxidation sites excluding steroid dienone is 4. The van der Waals surface area contributed by atoms with E-state index in [1.54, 1.807) is 13.1 Å². The number of aliphatic imine (C=N–C) groups is 1. The quantitative estimate of drug-likeness (QED) is 0.418. The van der Waals surface area contributed by atoms with Crippen LogP contribution >= 0.6 is 0 Å². The van der Waals surface area contributed by atoms with Crippen LogP contribution in [0.25, 0.3) is 0 Å². The third-order valence-corrected chi connectivity index (χ3v) is 2.90. The van der Waals surface area contributed by atoms with Crippen LogP contribution in [0.5, 0.6) is 0 Å². The Morgan fingerprint density at radius 2 is 1.94 bits per heavy atom. The first-order valence-corrected chi connectivity index (χ1v) is 5.85. The number of carbonyl (C=O) groups is 1. The number of nitrogens with zero attached hydrogens (tertiary/aromatic N) is 1. The van der Waals surface area contributed by atoms with E-state index in [9.17, 15) is 4.79 Å². The number of carbonyl (C=O) groups excluding carboxylic acids is 1. The van der Waals surface area contributed by atoms with Crippen LogP contribution < -0.4 is 0 Å². The van der Waals surface area contributed by atoms with Crippen molar-refractivity contribution in [3.63, 3.8) is 0 Å². The molecule has 96 valence electrons. The largest absolute Gasteiger partial charge is 0.467 e. The molecule has 0 amide bonds. The van der Waals surface area contributed by atoms with Gasteiger partial charge in [0.2, 0.25) is 0 Å². The van der Waals surface area contributed by atoms with Gasteiger partial charge in [-0.3, -0.25) is 4.99 Å². The van der Waals surface area contributed by atoms with Gasteiger partial charge < -0.3 is 4.74 Å². The minimum atomic E-state index is -0.829.